The van der Waals surface area contributed by atoms with E-state index in [9.17, 15) is 19.8 Å². The van der Waals surface area contributed by atoms with Crippen LogP contribution in [-0.4, -0.2) is 38.3 Å². The number of hydrogen-bond donors (Lipinski definition) is 3. The highest BCUT2D eigenvalue weighted by Gasteiger charge is 2.15. The number of aliphatic hydroxyl groups is 1. The number of para-hydroxylation sites is 1. The minimum absolute atomic E-state index is 0.0226. The van der Waals surface area contributed by atoms with Crippen LogP contribution in [0.3, 0.4) is 0 Å². The molecule has 0 atom stereocenters. The molecule has 0 aliphatic rings. The standard InChI is InChI=1S/C23H20N4O5/c1-15-22(32-21(30)7-6-16-4-2-3-5-20(16)29)19(18(14-28)12-25-15)13-26-27-23(31)17-8-10-24-11-9-17/h2-13,28-29H,14H2,1H3,(H,27,31)/b7-6+,26-13+. The third-order valence-electron chi connectivity index (χ3n) is 4.34. The number of phenols is 1. The van der Waals surface area contributed by atoms with E-state index in [1.54, 1.807) is 25.1 Å². The summed E-state index contributed by atoms with van der Waals surface area (Å²) in [5.74, 6) is -1.06. The summed E-state index contributed by atoms with van der Waals surface area (Å²) in [7, 11) is 0. The van der Waals surface area contributed by atoms with E-state index in [1.165, 1.54) is 49.1 Å². The number of amides is 1. The molecule has 162 valence electrons. The van der Waals surface area contributed by atoms with Gasteiger partial charge in [0.15, 0.2) is 5.75 Å². The Labute approximate surface area is 183 Å². The molecule has 0 aliphatic carbocycles. The fraction of sp³-hybridized carbons (Fsp3) is 0.0870. The van der Waals surface area contributed by atoms with E-state index < -0.39 is 11.9 Å². The molecule has 3 aromatic rings. The van der Waals surface area contributed by atoms with Gasteiger partial charge in [0.25, 0.3) is 5.91 Å². The van der Waals surface area contributed by atoms with Gasteiger partial charge in [0, 0.05) is 46.9 Å². The van der Waals surface area contributed by atoms with Crippen molar-refractivity contribution < 1.29 is 24.5 Å². The summed E-state index contributed by atoms with van der Waals surface area (Å²) in [5, 5.41) is 23.4. The zero-order chi connectivity index (χ0) is 22.9. The van der Waals surface area contributed by atoms with Crippen molar-refractivity contribution in [2.24, 2.45) is 5.10 Å². The number of nitrogens with one attached hydrogen (secondary N) is 1. The molecule has 32 heavy (non-hydrogen) atoms. The van der Waals surface area contributed by atoms with Crippen LogP contribution in [-0.2, 0) is 11.4 Å². The number of rotatable bonds is 7. The second kappa shape index (κ2) is 10.6. The Morgan fingerprint density at radius 3 is 2.66 bits per heavy atom. The Morgan fingerprint density at radius 1 is 1.19 bits per heavy atom. The number of aromatic hydroxyl groups is 1. The number of aromatic nitrogens is 2. The molecule has 1 amide bonds. The minimum Gasteiger partial charge on any atom is -0.507 e. The molecule has 1 aromatic carbocycles. The quantitative estimate of drug-likeness (QED) is 0.226. The molecule has 0 saturated heterocycles. The van der Waals surface area contributed by atoms with Gasteiger partial charge < -0.3 is 14.9 Å². The zero-order valence-electron chi connectivity index (χ0n) is 17.1. The molecule has 0 bridgehead atoms. The van der Waals surface area contributed by atoms with Gasteiger partial charge in [0.1, 0.15) is 5.75 Å². The highest BCUT2D eigenvalue weighted by Crippen LogP contribution is 2.25. The summed E-state index contributed by atoms with van der Waals surface area (Å²) in [5.41, 5.74) is 4.21. The molecule has 2 heterocycles. The van der Waals surface area contributed by atoms with E-state index in [1.807, 2.05) is 0 Å². The van der Waals surface area contributed by atoms with Crippen LogP contribution < -0.4 is 10.2 Å². The maximum atomic E-state index is 12.4. The predicted molar refractivity (Wildman–Crippen MR) is 117 cm³/mol. The van der Waals surface area contributed by atoms with Gasteiger partial charge in [-0.05, 0) is 31.2 Å². The van der Waals surface area contributed by atoms with Crippen LogP contribution in [0.25, 0.3) is 6.08 Å². The molecule has 2 aromatic heterocycles. The van der Waals surface area contributed by atoms with Crippen LogP contribution in [0.15, 0.2) is 66.2 Å². The number of aliphatic hydroxyl groups excluding tert-OH is 1. The monoisotopic (exact) mass is 432 g/mol. The van der Waals surface area contributed by atoms with Crippen molar-refractivity contribution in [1.82, 2.24) is 15.4 Å². The number of phenolic OH excluding ortho intramolecular Hbond substituents is 1. The highest BCUT2D eigenvalue weighted by atomic mass is 16.5. The summed E-state index contributed by atoms with van der Waals surface area (Å²) in [6.07, 6.45) is 8.24. The molecule has 9 nitrogen and oxygen atoms in total. The van der Waals surface area contributed by atoms with Crippen molar-refractivity contribution in [1.29, 1.82) is 0 Å². The molecule has 0 aliphatic heterocycles. The third kappa shape index (κ3) is 5.61. The molecule has 0 unspecified atom stereocenters. The first-order valence-corrected chi connectivity index (χ1v) is 9.50. The Balaban J connectivity index is 1.80. The fourth-order valence-electron chi connectivity index (χ4n) is 2.68. The summed E-state index contributed by atoms with van der Waals surface area (Å²) < 4.78 is 5.43. The first kappa shape index (κ1) is 22.3. The summed E-state index contributed by atoms with van der Waals surface area (Å²) in [6.45, 7) is 1.24. The van der Waals surface area contributed by atoms with Crippen LogP contribution in [0.2, 0.25) is 0 Å². The van der Waals surface area contributed by atoms with Gasteiger partial charge in [0.05, 0.1) is 18.5 Å². The molecular formula is C23H20N4O5. The summed E-state index contributed by atoms with van der Waals surface area (Å²) >= 11 is 0. The lowest BCUT2D eigenvalue weighted by Crippen LogP contribution is -2.18. The van der Waals surface area contributed by atoms with Gasteiger partial charge in [-0.15, -0.1) is 0 Å². The van der Waals surface area contributed by atoms with Crippen LogP contribution in [0.4, 0.5) is 0 Å². The minimum atomic E-state index is -0.719. The van der Waals surface area contributed by atoms with Gasteiger partial charge in [-0.25, -0.2) is 10.2 Å². The Morgan fingerprint density at radius 2 is 1.94 bits per heavy atom. The Hall–Kier alpha value is -4.37. The molecule has 3 N–H and O–H groups in total. The molecular weight excluding hydrogens is 412 g/mol. The smallest absolute Gasteiger partial charge is 0.336 e. The number of benzene rings is 1. The first-order valence-electron chi connectivity index (χ1n) is 9.50. The van der Waals surface area contributed by atoms with Crippen molar-refractivity contribution in [2.45, 2.75) is 13.5 Å². The van der Waals surface area contributed by atoms with E-state index in [2.05, 4.69) is 20.5 Å². The number of pyridine rings is 2. The number of esters is 1. The van der Waals surface area contributed by atoms with Crippen molar-refractivity contribution in [3.63, 3.8) is 0 Å². The van der Waals surface area contributed by atoms with E-state index in [4.69, 9.17) is 4.74 Å². The number of ether oxygens (including phenoxy) is 1. The molecule has 9 heteroatoms. The first-order chi connectivity index (χ1) is 15.5. The van der Waals surface area contributed by atoms with Crippen molar-refractivity contribution in [2.75, 3.05) is 0 Å². The number of carbonyl (C=O) groups excluding carboxylic acids is 2. The Bertz CT molecular complexity index is 1180. The summed E-state index contributed by atoms with van der Waals surface area (Å²) in [4.78, 5) is 32.5. The van der Waals surface area contributed by atoms with E-state index >= 15 is 0 Å². The number of hydrazone groups is 1. The van der Waals surface area contributed by atoms with Crippen molar-refractivity contribution in [3.8, 4) is 11.5 Å². The number of aryl methyl sites for hydroxylation is 1. The zero-order valence-corrected chi connectivity index (χ0v) is 17.1. The maximum absolute atomic E-state index is 12.4. The van der Waals surface area contributed by atoms with Crippen molar-refractivity contribution >= 4 is 24.2 Å². The average molecular weight is 432 g/mol. The summed E-state index contributed by atoms with van der Waals surface area (Å²) in [6, 6.07) is 9.59. The second-order valence-electron chi connectivity index (χ2n) is 6.52. The average Bonchev–Trinajstić information content (AvgIpc) is 2.81. The highest BCUT2D eigenvalue weighted by molar-refractivity contribution is 5.96. The lowest BCUT2D eigenvalue weighted by atomic mass is 10.1. The SMILES string of the molecule is Cc1ncc(CO)c(/C=N/NC(=O)c2ccncc2)c1OC(=O)/C=C/c1ccccc1O. The predicted octanol–water partition coefficient (Wildman–Crippen LogP) is 2.37. The van der Waals surface area contributed by atoms with Gasteiger partial charge in [-0.1, -0.05) is 18.2 Å². The van der Waals surface area contributed by atoms with Crippen LogP contribution in [0, 0.1) is 6.92 Å². The molecule has 0 spiro atoms. The number of hydrogen-bond acceptors (Lipinski definition) is 8. The fourth-order valence-corrected chi connectivity index (χ4v) is 2.68. The number of nitrogens with zero attached hydrogens (tertiary/aromatic N) is 3. The lowest BCUT2D eigenvalue weighted by molar-refractivity contribution is -0.129. The molecule has 3 rings (SSSR count). The maximum Gasteiger partial charge on any atom is 0.336 e. The van der Waals surface area contributed by atoms with Crippen LogP contribution >= 0.6 is 0 Å². The second-order valence-corrected chi connectivity index (χ2v) is 6.52. The van der Waals surface area contributed by atoms with Gasteiger partial charge in [-0.2, -0.15) is 5.10 Å². The van der Waals surface area contributed by atoms with Gasteiger partial charge in [-0.3, -0.25) is 14.8 Å². The van der Waals surface area contributed by atoms with Crippen LogP contribution in [0.1, 0.15) is 32.7 Å². The molecule has 0 radical (unpaired) electrons. The van der Waals surface area contributed by atoms with E-state index in [0.717, 1.165) is 6.08 Å². The van der Waals surface area contributed by atoms with E-state index in [0.29, 0.717) is 27.9 Å². The molecule has 0 saturated carbocycles. The van der Waals surface area contributed by atoms with Gasteiger partial charge >= 0.3 is 5.97 Å². The molecule has 0 fully saturated rings. The normalized spacial score (nSPS) is 11.1. The van der Waals surface area contributed by atoms with Gasteiger partial charge in [0.2, 0.25) is 0 Å². The van der Waals surface area contributed by atoms with E-state index in [-0.39, 0.29) is 18.1 Å². The largest absolute Gasteiger partial charge is 0.507 e. The number of carbonyl (C=O) groups is 2. The van der Waals surface area contributed by atoms with Crippen molar-refractivity contribution in [3.05, 3.63) is 89.0 Å². The third-order valence-corrected chi connectivity index (χ3v) is 4.34. The topological polar surface area (TPSA) is 134 Å². The van der Waals surface area contributed by atoms with Crippen LogP contribution in [0.5, 0.6) is 11.5 Å². The Kier molecular flexibility index (Phi) is 7.39. The lowest BCUT2D eigenvalue weighted by Gasteiger charge is -2.11.